The predicted octanol–water partition coefficient (Wildman–Crippen LogP) is 4.04. The lowest BCUT2D eigenvalue weighted by molar-refractivity contribution is -0.384. The number of anilines is 1. The minimum atomic E-state index is -0.591. The van der Waals surface area contributed by atoms with Gasteiger partial charge in [-0.15, -0.1) is 0 Å². The summed E-state index contributed by atoms with van der Waals surface area (Å²) >= 11 is 3.43. The number of nitro benzene ring substituents is 1. The van der Waals surface area contributed by atoms with Gasteiger partial charge >= 0.3 is 0 Å². The van der Waals surface area contributed by atoms with Crippen molar-refractivity contribution in [1.82, 2.24) is 4.57 Å². The van der Waals surface area contributed by atoms with Crippen molar-refractivity contribution < 1.29 is 9.72 Å². The van der Waals surface area contributed by atoms with Crippen LogP contribution in [0.5, 0.6) is 0 Å². The second-order valence-electron chi connectivity index (χ2n) is 6.55. The number of pyridine rings is 1. The van der Waals surface area contributed by atoms with E-state index in [4.69, 9.17) is 0 Å². The normalized spacial score (nSPS) is 15.1. The van der Waals surface area contributed by atoms with Crippen LogP contribution in [0.25, 0.3) is 10.9 Å². The predicted molar refractivity (Wildman–Crippen MR) is 105 cm³/mol. The molecule has 0 aliphatic carbocycles. The molecule has 0 saturated heterocycles. The molecule has 2 heterocycles. The quantitative estimate of drug-likeness (QED) is 0.503. The summed E-state index contributed by atoms with van der Waals surface area (Å²) in [6.45, 7) is 2.03. The van der Waals surface area contributed by atoms with Crippen LogP contribution in [0.2, 0.25) is 0 Å². The topological polar surface area (TPSA) is 94.2 Å². The van der Waals surface area contributed by atoms with Crippen LogP contribution in [0.1, 0.15) is 28.9 Å². The van der Waals surface area contributed by atoms with E-state index in [2.05, 4.69) is 21.2 Å². The highest BCUT2D eigenvalue weighted by atomic mass is 79.9. The van der Waals surface area contributed by atoms with Gasteiger partial charge in [0.2, 0.25) is 5.43 Å². The van der Waals surface area contributed by atoms with Gasteiger partial charge in [0.1, 0.15) is 5.56 Å². The van der Waals surface area contributed by atoms with Crippen LogP contribution < -0.4 is 10.7 Å². The van der Waals surface area contributed by atoms with E-state index in [-0.39, 0.29) is 28.4 Å². The molecule has 1 amide bonds. The molecule has 0 bridgehead atoms. The highest BCUT2D eigenvalue weighted by molar-refractivity contribution is 9.10. The molecule has 0 radical (unpaired) electrons. The lowest BCUT2D eigenvalue weighted by Crippen LogP contribution is -2.23. The van der Waals surface area contributed by atoms with E-state index in [9.17, 15) is 19.7 Å². The van der Waals surface area contributed by atoms with Crippen molar-refractivity contribution in [1.29, 1.82) is 0 Å². The summed E-state index contributed by atoms with van der Waals surface area (Å²) < 4.78 is 2.74. The van der Waals surface area contributed by atoms with Gasteiger partial charge in [-0.3, -0.25) is 19.7 Å². The number of amides is 1. The summed E-state index contributed by atoms with van der Waals surface area (Å²) in [5, 5.41) is 14.0. The first kappa shape index (κ1) is 17.4. The van der Waals surface area contributed by atoms with Crippen LogP contribution in [-0.2, 0) is 6.42 Å². The van der Waals surface area contributed by atoms with Crippen molar-refractivity contribution in [2.45, 2.75) is 19.4 Å². The minimum Gasteiger partial charge on any atom is -0.343 e. The molecule has 0 fully saturated rings. The number of hydrogen-bond donors (Lipinski definition) is 1. The standard InChI is InChI=1S/C19H14BrN3O4/c1-10-5-11-6-12(20)7-15-17(11)22(10)9-16(18(15)24)19(25)21-13-3-2-4-14(8-13)23(26)27/h2-4,6-10H,5H2,1H3,(H,21,25)/t10-/m0/s1. The van der Waals surface area contributed by atoms with Gasteiger partial charge in [-0.1, -0.05) is 22.0 Å². The van der Waals surface area contributed by atoms with Gasteiger partial charge in [-0.25, -0.2) is 0 Å². The second-order valence-corrected chi connectivity index (χ2v) is 7.47. The number of carbonyl (C=O) groups excluding carboxylic acids is 1. The smallest absolute Gasteiger partial charge is 0.271 e. The zero-order valence-electron chi connectivity index (χ0n) is 14.2. The second kappa shape index (κ2) is 6.31. The largest absolute Gasteiger partial charge is 0.343 e. The summed E-state index contributed by atoms with van der Waals surface area (Å²) in [6.07, 6.45) is 2.36. The Kier molecular flexibility index (Phi) is 4.07. The number of carbonyl (C=O) groups is 1. The molecule has 136 valence electrons. The van der Waals surface area contributed by atoms with E-state index < -0.39 is 10.8 Å². The lowest BCUT2D eigenvalue weighted by Gasteiger charge is -2.13. The number of non-ortho nitro benzene ring substituents is 1. The zero-order chi connectivity index (χ0) is 19.3. The highest BCUT2D eigenvalue weighted by Gasteiger charge is 2.25. The average molecular weight is 428 g/mol. The summed E-state index contributed by atoms with van der Waals surface area (Å²) in [7, 11) is 0. The SMILES string of the molecule is C[C@H]1Cc2cc(Br)cc3c(=O)c(C(=O)Nc4cccc([N+](=O)[O-])c4)cn1c23. The molecule has 0 saturated carbocycles. The number of halogens is 1. The first-order chi connectivity index (χ1) is 12.8. The van der Waals surface area contributed by atoms with Crippen LogP contribution in [0.15, 0.2) is 51.9 Å². The fourth-order valence-electron chi connectivity index (χ4n) is 3.52. The molecule has 1 aromatic heterocycles. The maximum atomic E-state index is 12.9. The Balaban J connectivity index is 1.80. The molecular formula is C19H14BrN3O4. The van der Waals surface area contributed by atoms with Gasteiger partial charge in [-0.2, -0.15) is 0 Å². The Morgan fingerprint density at radius 2 is 2.11 bits per heavy atom. The van der Waals surface area contributed by atoms with Gasteiger partial charge in [0.15, 0.2) is 0 Å². The van der Waals surface area contributed by atoms with Gasteiger partial charge in [-0.05, 0) is 37.1 Å². The first-order valence-electron chi connectivity index (χ1n) is 8.28. The van der Waals surface area contributed by atoms with Crippen molar-refractivity contribution in [3.63, 3.8) is 0 Å². The van der Waals surface area contributed by atoms with Crippen LogP contribution >= 0.6 is 15.9 Å². The Hall–Kier alpha value is -3.00. The Morgan fingerprint density at radius 1 is 1.33 bits per heavy atom. The third-order valence-electron chi connectivity index (χ3n) is 4.72. The van der Waals surface area contributed by atoms with Crippen LogP contribution in [0, 0.1) is 10.1 Å². The zero-order valence-corrected chi connectivity index (χ0v) is 15.8. The Labute approximate surface area is 161 Å². The summed E-state index contributed by atoms with van der Waals surface area (Å²) in [6, 6.07) is 9.45. The molecule has 1 aliphatic heterocycles. The van der Waals surface area contributed by atoms with Crippen LogP contribution in [0.3, 0.4) is 0 Å². The summed E-state index contributed by atoms with van der Waals surface area (Å²) in [4.78, 5) is 36.0. The number of nitro groups is 1. The van der Waals surface area contributed by atoms with Crippen molar-refractivity contribution in [2.75, 3.05) is 5.32 Å². The number of benzene rings is 2. The maximum absolute atomic E-state index is 12.9. The third-order valence-corrected chi connectivity index (χ3v) is 5.18. The fraction of sp³-hybridized carbons (Fsp3) is 0.158. The summed E-state index contributed by atoms with van der Waals surface area (Å²) in [5.74, 6) is -0.591. The van der Waals surface area contributed by atoms with E-state index in [0.717, 1.165) is 22.0 Å². The molecule has 1 aliphatic rings. The van der Waals surface area contributed by atoms with Crippen LogP contribution in [-0.4, -0.2) is 15.4 Å². The van der Waals surface area contributed by atoms with E-state index in [1.54, 1.807) is 18.3 Å². The van der Waals surface area contributed by atoms with Crippen molar-refractivity contribution in [3.8, 4) is 0 Å². The molecule has 7 nitrogen and oxygen atoms in total. The van der Waals surface area contributed by atoms with E-state index in [0.29, 0.717) is 5.39 Å². The van der Waals surface area contributed by atoms with E-state index in [1.165, 1.54) is 18.2 Å². The van der Waals surface area contributed by atoms with Gasteiger partial charge in [0.25, 0.3) is 11.6 Å². The van der Waals surface area contributed by atoms with E-state index in [1.807, 2.05) is 17.6 Å². The molecule has 1 atom stereocenters. The molecule has 8 heteroatoms. The Bertz CT molecular complexity index is 1190. The summed E-state index contributed by atoms with van der Waals surface area (Å²) in [5.41, 5.74) is 1.69. The lowest BCUT2D eigenvalue weighted by atomic mass is 10.1. The molecule has 0 spiro atoms. The number of rotatable bonds is 3. The molecule has 27 heavy (non-hydrogen) atoms. The van der Waals surface area contributed by atoms with E-state index >= 15 is 0 Å². The van der Waals surface area contributed by atoms with Crippen LogP contribution in [0.4, 0.5) is 11.4 Å². The van der Waals surface area contributed by atoms with Gasteiger partial charge in [0.05, 0.1) is 10.4 Å². The minimum absolute atomic E-state index is 0.00630. The molecule has 0 unspecified atom stereocenters. The average Bonchev–Trinajstić information content (AvgIpc) is 2.93. The molecule has 2 aromatic carbocycles. The number of aromatic nitrogens is 1. The first-order valence-corrected chi connectivity index (χ1v) is 9.07. The molecular weight excluding hydrogens is 414 g/mol. The third kappa shape index (κ3) is 2.91. The number of nitrogens with one attached hydrogen (secondary N) is 1. The molecule has 1 N–H and O–H groups in total. The highest BCUT2D eigenvalue weighted by Crippen LogP contribution is 2.33. The molecule has 3 aromatic rings. The Morgan fingerprint density at radius 3 is 2.85 bits per heavy atom. The van der Waals surface area contributed by atoms with Crippen molar-refractivity contribution >= 4 is 44.1 Å². The fourth-order valence-corrected chi connectivity index (χ4v) is 4.02. The number of nitrogens with zero attached hydrogens (tertiary/aromatic N) is 2. The molecule has 4 rings (SSSR count). The monoisotopic (exact) mass is 427 g/mol. The number of hydrogen-bond acceptors (Lipinski definition) is 4. The van der Waals surface area contributed by atoms with Gasteiger partial charge < -0.3 is 9.88 Å². The maximum Gasteiger partial charge on any atom is 0.271 e. The van der Waals surface area contributed by atoms with Crippen molar-refractivity contribution in [3.05, 3.63) is 78.5 Å². The van der Waals surface area contributed by atoms with Crippen molar-refractivity contribution in [2.24, 2.45) is 0 Å². The van der Waals surface area contributed by atoms with Gasteiger partial charge in [0, 0.05) is 39.9 Å².